The molecule has 3 aromatic rings. The van der Waals surface area contributed by atoms with Gasteiger partial charge in [-0.05, 0) is 18.2 Å². The summed E-state index contributed by atoms with van der Waals surface area (Å²) in [5.74, 6) is -1.93. The topological polar surface area (TPSA) is 132 Å². The van der Waals surface area contributed by atoms with Crippen LogP contribution in [0, 0.1) is 0 Å². The lowest BCUT2D eigenvalue weighted by molar-refractivity contribution is -0.192. The summed E-state index contributed by atoms with van der Waals surface area (Å²) in [5, 5.41) is 8.57. The van der Waals surface area contributed by atoms with E-state index in [1.165, 1.54) is 0 Å². The predicted octanol–water partition coefficient (Wildman–Crippen LogP) is 2.64. The summed E-state index contributed by atoms with van der Waals surface area (Å²) in [7, 11) is 1.88. The summed E-state index contributed by atoms with van der Waals surface area (Å²) in [4.78, 5) is 19.3. The number of carboxylic acids is 1. The number of hydrogen-bond donors (Lipinski definition) is 3. The van der Waals surface area contributed by atoms with Crippen LogP contribution >= 0.6 is 11.6 Å². The third kappa shape index (κ3) is 4.68. The number of halogens is 4. The number of aliphatic carboxylic acids is 1. The Labute approximate surface area is 155 Å². The maximum absolute atomic E-state index is 10.6. The lowest BCUT2D eigenvalue weighted by Gasteiger charge is -2.16. The third-order valence-corrected chi connectivity index (χ3v) is 3.58. The van der Waals surface area contributed by atoms with Gasteiger partial charge in [-0.15, -0.1) is 0 Å². The average Bonchev–Trinajstić information content (AvgIpc) is 2.92. The first-order chi connectivity index (χ1) is 12.5. The highest BCUT2D eigenvalue weighted by molar-refractivity contribution is 6.31. The van der Waals surface area contributed by atoms with Gasteiger partial charge in [0.15, 0.2) is 11.4 Å². The van der Waals surface area contributed by atoms with Gasteiger partial charge in [0.1, 0.15) is 11.1 Å². The molecule has 0 unspecified atom stereocenters. The maximum Gasteiger partial charge on any atom is 0.490 e. The van der Waals surface area contributed by atoms with Crippen molar-refractivity contribution < 1.29 is 27.5 Å². The molecule has 0 amide bonds. The Morgan fingerprint density at radius 3 is 2.56 bits per heavy atom. The fraction of sp³-hybridized carbons (Fsp3) is 0.267. The molecular formula is C15H15ClF3N5O3. The standard InChI is InChI=1S/C13H14ClN5O.C2HF3O2/c1-19(5-4-15)12-11-10(17-13(16)18-12)8-6-7(14)2-3-9(8)20-11;3-2(4,5)1(6)7/h2-3,6H,4-5,15H2,1H3,(H2,16,17,18);(H,6,7). The molecule has 0 bridgehead atoms. The average molecular weight is 406 g/mol. The number of fused-ring (bicyclic) bond motifs is 3. The summed E-state index contributed by atoms with van der Waals surface area (Å²) >= 11 is 6.02. The van der Waals surface area contributed by atoms with E-state index in [9.17, 15) is 13.2 Å². The number of aromatic nitrogens is 2. The molecule has 27 heavy (non-hydrogen) atoms. The number of furan rings is 1. The summed E-state index contributed by atoms with van der Waals surface area (Å²) < 4.78 is 37.6. The lowest BCUT2D eigenvalue weighted by Crippen LogP contribution is -2.26. The number of nitrogens with two attached hydrogens (primary N) is 2. The summed E-state index contributed by atoms with van der Waals surface area (Å²) in [6, 6.07) is 5.39. The molecule has 0 saturated heterocycles. The number of alkyl halides is 3. The number of carbonyl (C=O) groups is 1. The minimum absolute atomic E-state index is 0.194. The summed E-state index contributed by atoms with van der Waals surface area (Å²) in [5.41, 5.74) is 13.3. The van der Waals surface area contributed by atoms with Gasteiger partial charge >= 0.3 is 12.1 Å². The molecule has 12 heteroatoms. The third-order valence-electron chi connectivity index (χ3n) is 3.34. The number of nitrogen functional groups attached to an aromatic ring is 1. The molecule has 0 fully saturated rings. The van der Waals surface area contributed by atoms with Gasteiger partial charge in [0.05, 0.1) is 0 Å². The smallest absolute Gasteiger partial charge is 0.475 e. The van der Waals surface area contributed by atoms with E-state index in [0.29, 0.717) is 40.6 Å². The molecule has 0 aliphatic carbocycles. The van der Waals surface area contributed by atoms with Crippen molar-refractivity contribution in [3.05, 3.63) is 23.2 Å². The Bertz CT molecular complexity index is 977. The Morgan fingerprint density at radius 2 is 2.00 bits per heavy atom. The molecule has 2 aromatic heterocycles. The van der Waals surface area contributed by atoms with Gasteiger partial charge in [0.25, 0.3) is 0 Å². The van der Waals surface area contributed by atoms with E-state index in [0.717, 1.165) is 5.39 Å². The van der Waals surface area contributed by atoms with Crippen molar-refractivity contribution in [2.75, 3.05) is 30.8 Å². The van der Waals surface area contributed by atoms with Crippen molar-refractivity contribution in [2.24, 2.45) is 5.73 Å². The van der Waals surface area contributed by atoms with E-state index in [1.54, 1.807) is 6.07 Å². The van der Waals surface area contributed by atoms with E-state index in [1.807, 2.05) is 24.1 Å². The van der Waals surface area contributed by atoms with Gasteiger partial charge in [0, 0.05) is 30.5 Å². The highest BCUT2D eigenvalue weighted by Crippen LogP contribution is 2.34. The van der Waals surface area contributed by atoms with E-state index < -0.39 is 12.1 Å². The predicted molar refractivity (Wildman–Crippen MR) is 94.7 cm³/mol. The van der Waals surface area contributed by atoms with Crippen LogP contribution in [0.1, 0.15) is 0 Å². The summed E-state index contributed by atoms with van der Waals surface area (Å²) in [6.07, 6.45) is -5.08. The molecule has 0 radical (unpaired) electrons. The second-order valence-corrected chi connectivity index (χ2v) is 5.78. The zero-order valence-electron chi connectivity index (χ0n) is 13.9. The number of rotatable bonds is 3. The van der Waals surface area contributed by atoms with Crippen molar-refractivity contribution in [2.45, 2.75) is 6.18 Å². The van der Waals surface area contributed by atoms with Crippen LogP contribution in [0.2, 0.25) is 5.02 Å². The van der Waals surface area contributed by atoms with Crippen molar-refractivity contribution in [3.8, 4) is 0 Å². The van der Waals surface area contributed by atoms with E-state index in [-0.39, 0.29) is 5.95 Å². The van der Waals surface area contributed by atoms with E-state index in [2.05, 4.69) is 9.97 Å². The monoisotopic (exact) mass is 405 g/mol. The molecular weight excluding hydrogens is 391 g/mol. The van der Waals surface area contributed by atoms with Gasteiger partial charge in [0.2, 0.25) is 5.95 Å². The number of likely N-dealkylation sites (N-methyl/N-ethyl adjacent to an activating group) is 1. The van der Waals surface area contributed by atoms with Crippen LogP contribution in [0.5, 0.6) is 0 Å². The number of hydrogen-bond acceptors (Lipinski definition) is 7. The molecule has 0 aliphatic rings. The van der Waals surface area contributed by atoms with Crippen molar-refractivity contribution in [1.82, 2.24) is 9.97 Å². The first-order valence-electron chi connectivity index (χ1n) is 7.41. The second-order valence-electron chi connectivity index (χ2n) is 5.34. The fourth-order valence-corrected chi connectivity index (χ4v) is 2.35. The van der Waals surface area contributed by atoms with Crippen LogP contribution in [0.4, 0.5) is 24.9 Å². The lowest BCUT2D eigenvalue weighted by atomic mass is 10.2. The molecule has 0 aliphatic heterocycles. The largest absolute Gasteiger partial charge is 0.490 e. The van der Waals surface area contributed by atoms with Gasteiger partial charge in [-0.25, -0.2) is 9.78 Å². The molecule has 0 saturated carbocycles. The van der Waals surface area contributed by atoms with Crippen LogP contribution in [0.25, 0.3) is 22.1 Å². The normalized spacial score (nSPS) is 11.3. The Kier molecular flexibility index (Phi) is 5.96. The Hall–Kier alpha value is -2.79. The zero-order chi connectivity index (χ0) is 20.4. The Morgan fingerprint density at radius 1 is 1.37 bits per heavy atom. The number of nitrogens with zero attached hydrogens (tertiary/aromatic N) is 3. The molecule has 3 rings (SSSR count). The van der Waals surface area contributed by atoms with Crippen LogP contribution in [-0.2, 0) is 4.79 Å². The highest BCUT2D eigenvalue weighted by Gasteiger charge is 2.38. The summed E-state index contributed by atoms with van der Waals surface area (Å²) in [6.45, 7) is 1.15. The van der Waals surface area contributed by atoms with Gasteiger partial charge < -0.3 is 25.9 Å². The van der Waals surface area contributed by atoms with E-state index in [4.69, 9.17) is 37.4 Å². The van der Waals surface area contributed by atoms with E-state index >= 15 is 0 Å². The first kappa shape index (κ1) is 20.5. The number of benzene rings is 1. The molecule has 8 nitrogen and oxygen atoms in total. The van der Waals surface area contributed by atoms with Gasteiger partial charge in [-0.2, -0.15) is 18.2 Å². The zero-order valence-corrected chi connectivity index (χ0v) is 14.7. The SMILES string of the molecule is CN(CCN)c1nc(N)nc2c1oc1ccc(Cl)cc12.O=C(O)C(F)(F)F. The van der Waals surface area contributed by atoms with Crippen LogP contribution < -0.4 is 16.4 Å². The van der Waals surface area contributed by atoms with Gasteiger partial charge in [-0.3, -0.25) is 0 Å². The van der Waals surface area contributed by atoms with Crippen LogP contribution in [0.3, 0.4) is 0 Å². The Balaban J connectivity index is 0.000000321. The maximum atomic E-state index is 10.6. The highest BCUT2D eigenvalue weighted by atomic mass is 35.5. The molecule has 5 N–H and O–H groups in total. The van der Waals surface area contributed by atoms with Crippen LogP contribution in [-0.4, -0.2) is 47.4 Å². The molecule has 1 aromatic carbocycles. The van der Waals surface area contributed by atoms with Crippen LogP contribution in [0.15, 0.2) is 22.6 Å². The number of carboxylic acid groups (broad SMARTS) is 1. The van der Waals surface area contributed by atoms with Crippen molar-refractivity contribution >= 4 is 51.4 Å². The first-order valence-corrected chi connectivity index (χ1v) is 7.79. The number of anilines is 2. The molecule has 0 spiro atoms. The minimum atomic E-state index is -5.08. The van der Waals surface area contributed by atoms with Crippen molar-refractivity contribution in [3.63, 3.8) is 0 Å². The molecule has 2 heterocycles. The quantitative estimate of drug-likeness (QED) is 0.606. The molecule has 0 atom stereocenters. The van der Waals surface area contributed by atoms with Crippen molar-refractivity contribution in [1.29, 1.82) is 0 Å². The minimum Gasteiger partial charge on any atom is -0.475 e. The second kappa shape index (κ2) is 7.84. The van der Waals surface area contributed by atoms with Gasteiger partial charge in [-0.1, -0.05) is 11.6 Å². The fourth-order valence-electron chi connectivity index (χ4n) is 2.18. The molecule has 146 valence electrons.